The van der Waals surface area contributed by atoms with Gasteiger partial charge >= 0.3 is 0 Å². The maximum Gasteiger partial charge on any atom is 0.167 e. The fourth-order valence-electron chi connectivity index (χ4n) is 5.02. The number of rotatable bonds is 10. The van der Waals surface area contributed by atoms with Crippen LogP contribution in [0.25, 0.3) is 11.1 Å². The number of phenols is 1. The molecular formula is C27H32O6. The van der Waals surface area contributed by atoms with Gasteiger partial charge in [-0.25, -0.2) is 0 Å². The van der Waals surface area contributed by atoms with E-state index in [9.17, 15) is 29.7 Å². The molecule has 1 aliphatic rings. The van der Waals surface area contributed by atoms with Crippen LogP contribution in [0.1, 0.15) is 54.1 Å². The lowest BCUT2D eigenvalue weighted by atomic mass is 9.72. The average Bonchev–Trinajstić information content (AvgIpc) is 2.74. The van der Waals surface area contributed by atoms with Crippen molar-refractivity contribution < 1.29 is 29.7 Å². The number of benzene rings is 2. The van der Waals surface area contributed by atoms with Gasteiger partial charge in [0.05, 0.1) is 18.6 Å². The summed E-state index contributed by atoms with van der Waals surface area (Å²) in [5, 5.41) is 29.9. The lowest BCUT2D eigenvalue weighted by Gasteiger charge is -2.31. The van der Waals surface area contributed by atoms with Crippen molar-refractivity contribution in [3.05, 3.63) is 53.1 Å². The predicted molar refractivity (Wildman–Crippen MR) is 125 cm³/mol. The number of aromatic hydroxyl groups is 1. The van der Waals surface area contributed by atoms with Gasteiger partial charge in [0.25, 0.3) is 0 Å². The zero-order valence-corrected chi connectivity index (χ0v) is 19.2. The van der Waals surface area contributed by atoms with Crippen molar-refractivity contribution in [1.29, 1.82) is 0 Å². The maximum atomic E-state index is 13.0. The molecule has 0 aliphatic heterocycles. The van der Waals surface area contributed by atoms with Gasteiger partial charge in [0.2, 0.25) is 0 Å². The smallest absolute Gasteiger partial charge is 0.167 e. The second-order valence-electron chi connectivity index (χ2n) is 9.19. The van der Waals surface area contributed by atoms with E-state index in [0.717, 1.165) is 22.3 Å². The molecule has 0 radical (unpaired) electrons. The SMILES string of the molecule is CC(=O)CC(=O)C(CO)C(CCO)CC1CC(=O)c2c(O)ccc(-c3ccc(C)cc3)c2C1. The second kappa shape index (κ2) is 10.9. The lowest BCUT2D eigenvalue weighted by molar-refractivity contribution is -0.131. The molecule has 33 heavy (non-hydrogen) atoms. The molecule has 0 bridgehead atoms. The number of aliphatic hydroxyl groups is 2. The summed E-state index contributed by atoms with van der Waals surface area (Å²) in [6.07, 6.45) is 1.28. The molecule has 3 N–H and O–H groups in total. The minimum atomic E-state index is -0.752. The zero-order chi connectivity index (χ0) is 24.1. The first kappa shape index (κ1) is 24.8. The number of fused-ring (bicyclic) bond motifs is 1. The number of hydrogen-bond donors (Lipinski definition) is 3. The van der Waals surface area contributed by atoms with Crippen LogP contribution in [0.15, 0.2) is 36.4 Å². The fraction of sp³-hybridized carbons (Fsp3) is 0.444. The summed E-state index contributed by atoms with van der Waals surface area (Å²) in [4.78, 5) is 37.0. The monoisotopic (exact) mass is 452 g/mol. The molecule has 0 heterocycles. The second-order valence-corrected chi connectivity index (χ2v) is 9.19. The van der Waals surface area contributed by atoms with Crippen molar-refractivity contribution in [3.63, 3.8) is 0 Å². The van der Waals surface area contributed by atoms with Gasteiger partial charge in [-0.15, -0.1) is 0 Å². The van der Waals surface area contributed by atoms with Crippen LogP contribution >= 0.6 is 0 Å². The lowest BCUT2D eigenvalue weighted by Crippen LogP contribution is -2.32. The number of phenolic OH excluding ortho intramolecular Hbond substituents is 1. The Bertz CT molecular complexity index is 1020. The molecule has 0 fully saturated rings. The number of aryl methyl sites for hydroxylation is 1. The molecule has 2 aromatic rings. The number of Topliss-reactive ketones (excluding diaryl/α,β-unsaturated/α-hetero) is 3. The molecule has 6 heteroatoms. The van der Waals surface area contributed by atoms with Crippen LogP contribution in [0, 0.1) is 24.7 Å². The highest BCUT2D eigenvalue weighted by molar-refractivity contribution is 6.03. The molecule has 2 aromatic carbocycles. The van der Waals surface area contributed by atoms with Gasteiger partial charge in [0.15, 0.2) is 5.78 Å². The van der Waals surface area contributed by atoms with E-state index >= 15 is 0 Å². The van der Waals surface area contributed by atoms with Crippen molar-refractivity contribution in [2.75, 3.05) is 13.2 Å². The molecular weight excluding hydrogens is 420 g/mol. The minimum Gasteiger partial charge on any atom is -0.507 e. The van der Waals surface area contributed by atoms with Gasteiger partial charge in [-0.1, -0.05) is 35.9 Å². The van der Waals surface area contributed by atoms with Crippen LogP contribution in [0.3, 0.4) is 0 Å². The van der Waals surface area contributed by atoms with Crippen molar-refractivity contribution in [3.8, 4) is 16.9 Å². The van der Waals surface area contributed by atoms with Crippen molar-refractivity contribution in [2.24, 2.45) is 17.8 Å². The van der Waals surface area contributed by atoms with Gasteiger partial charge in [-0.2, -0.15) is 0 Å². The third-order valence-corrected chi connectivity index (χ3v) is 6.64. The van der Waals surface area contributed by atoms with Crippen LogP contribution in [0.2, 0.25) is 0 Å². The predicted octanol–water partition coefficient (Wildman–Crippen LogP) is 3.66. The molecule has 176 valence electrons. The minimum absolute atomic E-state index is 0.0268. The van der Waals surface area contributed by atoms with Crippen LogP contribution in [-0.4, -0.2) is 45.9 Å². The Morgan fingerprint density at radius 1 is 1.06 bits per heavy atom. The van der Waals surface area contributed by atoms with Crippen LogP contribution in [0.4, 0.5) is 0 Å². The standard InChI is InChI=1S/C27H32O6/c1-16-3-5-19(6-4-16)21-7-8-24(31)27-22(21)13-18(14-26(27)33)12-20(9-10-28)23(15-29)25(32)11-17(2)30/h3-8,18,20,23,28-29,31H,9-15H2,1-2H3. The molecule has 1 aliphatic carbocycles. The Labute approximate surface area is 194 Å². The summed E-state index contributed by atoms with van der Waals surface area (Å²) < 4.78 is 0. The van der Waals surface area contributed by atoms with Gasteiger partial charge in [-0.05, 0) is 67.7 Å². The number of carbonyl (C=O) groups excluding carboxylic acids is 3. The van der Waals surface area contributed by atoms with Gasteiger partial charge in [0, 0.05) is 18.9 Å². The van der Waals surface area contributed by atoms with E-state index in [1.165, 1.54) is 6.92 Å². The van der Waals surface area contributed by atoms with E-state index < -0.39 is 12.5 Å². The van der Waals surface area contributed by atoms with Crippen molar-refractivity contribution in [2.45, 2.75) is 46.0 Å². The highest BCUT2D eigenvalue weighted by Crippen LogP contribution is 2.41. The molecule has 3 rings (SSSR count). The first-order chi connectivity index (χ1) is 15.7. The summed E-state index contributed by atoms with van der Waals surface area (Å²) in [6.45, 7) is 2.79. The average molecular weight is 453 g/mol. The third kappa shape index (κ3) is 5.75. The van der Waals surface area contributed by atoms with Gasteiger partial charge < -0.3 is 15.3 Å². The van der Waals surface area contributed by atoms with Crippen molar-refractivity contribution in [1.82, 2.24) is 0 Å². The van der Waals surface area contributed by atoms with Crippen molar-refractivity contribution >= 4 is 17.3 Å². The quantitative estimate of drug-likeness (QED) is 0.475. The Balaban J connectivity index is 1.91. The molecule has 0 amide bonds. The summed E-state index contributed by atoms with van der Waals surface area (Å²) in [6, 6.07) is 11.4. The van der Waals surface area contributed by atoms with E-state index in [0.29, 0.717) is 24.8 Å². The first-order valence-electron chi connectivity index (χ1n) is 11.4. The highest BCUT2D eigenvalue weighted by atomic mass is 16.3. The van der Waals surface area contributed by atoms with E-state index in [-0.39, 0.29) is 54.4 Å². The first-order valence-corrected chi connectivity index (χ1v) is 11.4. The van der Waals surface area contributed by atoms with Crippen LogP contribution in [0.5, 0.6) is 5.75 Å². The molecule has 0 spiro atoms. The molecule has 6 nitrogen and oxygen atoms in total. The fourth-order valence-corrected chi connectivity index (χ4v) is 5.02. The Kier molecular flexibility index (Phi) is 8.16. The molecule has 3 unspecified atom stereocenters. The molecule has 0 saturated carbocycles. The summed E-state index contributed by atoms with van der Waals surface area (Å²) in [5.74, 6) is -1.96. The maximum absolute atomic E-state index is 13.0. The highest BCUT2D eigenvalue weighted by Gasteiger charge is 2.35. The van der Waals surface area contributed by atoms with E-state index in [1.54, 1.807) is 6.07 Å². The Hall–Kier alpha value is -2.83. The summed E-state index contributed by atoms with van der Waals surface area (Å²) in [7, 11) is 0. The van der Waals surface area contributed by atoms with E-state index in [2.05, 4.69) is 0 Å². The Morgan fingerprint density at radius 2 is 1.76 bits per heavy atom. The zero-order valence-electron chi connectivity index (χ0n) is 19.2. The molecule has 0 saturated heterocycles. The van der Waals surface area contributed by atoms with Gasteiger partial charge in [0.1, 0.15) is 17.3 Å². The largest absolute Gasteiger partial charge is 0.507 e. The topological polar surface area (TPSA) is 112 Å². The van der Waals surface area contributed by atoms with E-state index in [1.807, 2.05) is 37.3 Å². The number of carbonyl (C=O) groups is 3. The number of ketones is 3. The van der Waals surface area contributed by atoms with E-state index in [4.69, 9.17) is 0 Å². The third-order valence-electron chi connectivity index (χ3n) is 6.64. The van der Waals surface area contributed by atoms with Gasteiger partial charge in [-0.3, -0.25) is 14.4 Å². The van der Waals surface area contributed by atoms with Crippen LogP contribution < -0.4 is 0 Å². The Morgan fingerprint density at radius 3 is 2.36 bits per heavy atom. The summed E-state index contributed by atoms with van der Waals surface area (Å²) >= 11 is 0. The molecule has 3 atom stereocenters. The molecule has 0 aromatic heterocycles. The number of aliphatic hydroxyl groups excluding tert-OH is 2. The number of hydrogen-bond acceptors (Lipinski definition) is 6. The summed E-state index contributed by atoms with van der Waals surface area (Å²) in [5.41, 5.74) is 4.12. The van der Waals surface area contributed by atoms with Crippen LogP contribution in [-0.2, 0) is 16.0 Å². The normalized spacial score (nSPS) is 17.3.